The first-order valence-corrected chi connectivity index (χ1v) is 10.3. The van der Waals surface area contributed by atoms with Gasteiger partial charge >= 0.3 is 0 Å². The van der Waals surface area contributed by atoms with Crippen LogP contribution in [0.4, 0.5) is 0 Å². The van der Waals surface area contributed by atoms with Crippen LogP contribution in [0, 0.1) is 0 Å². The summed E-state index contributed by atoms with van der Waals surface area (Å²) in [5.74, 6) is 0.804. The Morgan fingerprint density at radius 3 is 2.48 bits per heavy atom. The minimum Gasteiger partial charge on any atom is -0.491 e. The summed E-state index contributed by atoms with van der Waals surface area (Å²) in [6.45, 7) is 4.38. The Kier molecular flexibility index (Phi) is 7.29. The minimum atomic E-state index is -3.34. The molecule has 0 saturated carbocycles. The van der Waals surface area contributed by atoms with E-state index >= 15 is 0 Å². The Balaban J connectivity index is 1.79. The maximum absolute atomic E-state index is 12.1. The maximum Gasteiger partial charge on any atom is 0.215 e. The third kappa shape index (κ3) is 7.46. The first-order chi connectivity index (χ1) is 11.8. The van der Waals surface area contributed by atoms with Crippen molar-refractivity contribution in [1.29, 1.82) is 0 Å². The van der Waals surface area contributed by atoms with Crippen molar-refractivity contribution in [3.63, 3.8) is 0 Å². The van der Waals surface area contributed by atoms with Gasteiger partial charge in [0.2, 0.25) is 10.0 Å². The van der Waals surface area contributed by atoms with E-state index in [1.54, 1.807) is 24.3 Å². The summed E-state index contributed by atoms with van der Waals surface area (Å²) in [4.78, 5) is 0. The van der Waals surface area contributed by atoms with E-state index in [-0.39, 0.29) is 11.9 Å². The van der Waals surface area contributed by atoms with E-state index in [4.69, 9.17) is 16.3 Å². The highest BCUT2D eigenvalue weighted by molar-refractivity contribution is 7.88. The van der Waals surface area contributed by atoms with Gasteiger partial charge in [0.1, 0.15) is 5.75 Å². The van der Waals surface area contributed by atoms with Crippen LogP contribution in [0.2, 0.25) is 5.02 Å². The Morgan fingerprint density at radius 1 is 1.08 bits per heavy atom. The molecule has 0 heterocycles. The molecule has 0 atom stereocenters. The molecular formula is C19H24ClNO3S. The highest BCUT2D eigenvalue weighted by atomic mass is 35.5. The Hall–Kier alpha value is -1.56. The van der Waals surface area contributed by atoms with Crippen LogP contribution >= 0.6 is 11.6 Å². The fourth-order valence-electron chi connectivity index (χ4n) is 2.42. The standard InChI is InChI=1S/C19H24ClNO3S/c1-15(2)24-19-7-3-5-16(13-19)6-4-12-21-25(22,23)14-17-8-10-18(20)11-9-17/h3,5,7-11,13,15,21H,4,6,12,14H2,1-2H3. The van der Waals surface area contributed by atoms with E-state index in [1.165, 1.54) is 0 Å². The fourth-order valence-corrected chi connectivity index (χ4v) is 3.73. The monoisotopic (exact) mass is 381 g/mol. The molecule has 0 unspecified atom stereocenters. The molecule has 2 rings (SSSR count). The molecule has 2 aromatic rings. The van der Waals surface area contributed by atoms with Crippen LogP contribution < -0.4 is 9.46 Å². The molecule has 0 radical (unpaired) electrons. The van der Waals surface area contributed by atoms with Crippen LogP contribution in [0.3, 0.4) is 0 Å². The topological polar surface area (TPSA) is 55.4 Å². The van der Waals surface area contributed by atoms with Crippen molar-refractivity contribution >= 4 is 21.6 Å². The van der Waals surface area contributed by atoms with Crippen molar-refractivity contribution in [2.75, 3.05) is 6.54 Å². The van der Waals surface area contributed by atoms with Gasteiger partial charge in [0.15, 0.2) is 0 Å². The molecule has 0 aliphatic heterocycles. The second-order valence-corrected chi connectivity index (χ2v) is 8.44. The van der Waals surface area contributed by atoms with Gasteiger partial charge in [-0.2, -0.15) is 0 Å². The van der Waals surface area contributed by atoms with E-state index in [2.05, 4.69) is 4.72 Å². The molecule has 0 aliphatic rings. The summed E-state index contributed by atoms with van der Waals surface area (Å²) in [5.41, 5.74) is 1.85. The molecule has 2 aromatic carbocycles. The lowest BCUT2D eigenvalue weighted by Gasteiger charge is -2.11. The van der Waals surface area contributed by atoms with Crippen LogP contribution in [0.15, 0.2) is 48.5 Å². The smallest absolute Gasteiger partial charge is 0.215 e. The van der Waals surface area contributed by atoms with Crippen LogP contribution in [-0.2, 0) is 22.2 Å². The van der Waals surface area contributed by atoms with E-state index in [9.17, 15) is 8.42 Å². The highest BCUT2D eigenvalue weighted by Gasteiger charge is 2.10. The maximum atomic E-state index is 12.1. The molecule has 0 amide bonds. The lowest BCUT2D eigenvalue weighted by Crippen LogP contribution is -2.26. The third-order valence-corrected chi connectivity index (χ3v) is 5.11. The first kappa shape index (κ1) is 19.8. The van der Waals surface area contributed by atoms with Crippen molar-refractivity contribution in [3.05, 3.63) is 64.7 Å². The number of rotatable bonds is 9. The van der Waals surface area contributed by atoms with Crippen molar-refractivity contribution in [3.8, 4) is 5.75 Å². The summed E-state index contributed by atoms with van der Waals surface area (Å²) in [5, 5.41) is 0.595. The quantitative estimate of drug-likeness (QED) is 0.663. The van der Waals surface area contributed by atoms with Gasteiger partial charge < -0.3 is 4.74 Å². The zero-order valence-electron chi connectivity index (χ0n) is 14.5. The molecule has 0 bridgehead atoms. The van der Waals surface area contributed by atoms with E-state index in [0.29, 0.717) is 11.6 Å². The van der Waals surface area contributed by atoms with Crippen LogP contribution in [0.1, 0.15) is 31.4 Å². The van der Waals surface area contributed by atoms with Crippen LogP contribution in [0.5, 0.6) is 5.75 Å². The molecule has 25 heavy (non-hydrogen) atoms. The van der Waals surface area contributed by atoms with E-state index < -0.39 is 10.0 Å². The second-order valence-electron chi connectivity index (χ2n) is 6.20. The number of benzene rings is 2. The van der Waals surface area contributed by atoms with E-state index in [1.807, 2.05) is 38.1 Å². The number of sulfonamides is 1. The SMILES string of the molecule is CC(C)Oc1cccc(CCCNS(=O)(=O)Cc2ccc(Cl)cc2)c1. The number of hydrogen-bond donors (Lipinski definition) is 1. The summed E-state index contributed by atoms with van der Waals surface area (Å²) in [6, 6.07) is 14.7. The molecule has 4 nitrogen and oxygen atoms in total. The number of halogens is 1. The summed E-state index contributed by atoms with van der Waals surface area (Å²) < 4.78 is 32.5. The van der Waals surface area contributed by atoms with Gasteiger partial charge in [-0.15, -0.1) is 0 Å². The van der Waals surface area contributed by atoms with Gasteiger partial charge in [-0.25, -0.2) is 13.1 Å². The van der Waals surface area contributed by atoms with Gasteiger partial charge in [-0.1, -0.05) is 35.9 Å². The molecule has 1 N–H and O–H groups in total. The lowest BCUT2D eigenvalue weighted by molar-refractivity contribution is 0.242. The highest BCUT2D eigenvalue weighted by Crippen LogP contribution is 2.16. The number of hydrogen-bond acceptors (Lipinski definition) is 3. The van der Waals surface area contributed by atoms with Crippen molar-refractivity contribution in [2.24, 2.45) is 0 Å². The average molecular weight is 382 g/mol. The van der Waals surface area contributed by atoms with E-state index in [0.717, 1.165) is 29.7 Å². The summed E-state index contributed by atoms with van der Waals surface area (Å²) in [7, 11) is -3.34. The number of nitrogens with one attached hydrogen (secondary N) is 1. The number of ether oxygens (including phenoxy) is 1. The Morgan fingerprint density at radius 2 is 1.80 bits per heavy atom. The van der Waals surface area contributed by atoms with Crippen molar-refractivity contribution in [1.82, 2.24) is 4.72 Å². The van der Waals surface area contributed by atoms with Gasteiger partial charge in [0.05, 0.1) is 11.9 Å². The predicted molar refractivity (Wildman–Crippen MR) is 103 cm³/mol. The van der Waals surface area contributed by atoms with Crippen LogP contribution in [0.25, 0.3) is 0 Å². The Bertz CT molecular complexity index is 774. The molecular weight excluding hydrogens is 358 g/mol. The zero-order valence-corrected chi connectivity index (χ0v) is 16.1. The molecule has 0 spiro atoms. The van der Waals surface area contributed by atoms with Crippen molar-refractivity contribution < 1.29 is 13.2 Å². The molecule has 0 fully saturated rings. The van der Waals surface area contributed by atoms with Gasteiger partial charge in [-0.05, 0) is 62.1 Å². The normalized spacial score (nSPS) is 11.7. The molecule has 0 saturated heterocycles. The fraction of sp³-hybridized carbons (Fsp3) is 0.368. The third-order valence-electron chi connectivity index (χ3n) is 3.50. The van der Waals surface area contributed by atoms with Crippen LogP contribution in [-0.4, -0.2) is 21.1 Å². The summed E-state index contributed by atoms with van der Waals surface area (Å²) in [6.07, 6.45) is 1.65. The second kappa shape index (κ2) is 9.22. The number of aryl methyl sites for hydroxylation is 1. The first-order valence-electron chi connectivity index (χ1n) is 8.31. The molecule has 0 aliphatic carbocycles. The molecule has 136 valence electrons. The average Bonchev–Trinajstić information content (AvgIpc) is 2.53. The van der Waals surface area contributed by atoms with Gasteiger partial charge in [0, 0.05) is 11.6 Å². The van der Waals surface area contributed by atoms with Gasteiger partial charge in [0.25, 0.3) is 0 Å². The largest absolute Gasteiger partial charge is 0.491 e. The van der Waals surface area contributed by atoms with Gasteiger partial charge in [-0.3, -0.25) is 0 Å². The Labute approximate surface area is 155 Å². The predicted octanol–water partition coefficient (Wildman–Crippen LogP) is 4.18. The zero-order chi connectivity index (χ0) is 18.3. The minimum absolute atomic E-state index is 0.0398. The molecule has 6 heteroatoms. The molecule has 0 aromatic heterocycles. The lowest BCUT2D eigenvalue weighted by atomic mass is 10.1. The van der Waals surface area contributed by atoms with Crippen molar-refractivity contribution in [2.45, 2.75) is 38.5 Å². The summed E-state index contributed by atoms with van der Waals surface area (Å²) >= 11 is 5.81.